The minimum Gasteiger partial charge on any atom is -0.504 e. The summed E-state index contributed by atoms with van der Waals surface area (Å²) in [6, 6.07) is 8.78. The monoisotopic (exact) mass is 175 g/mol. The SMILES string of the molecule is Nc1c(O)c(O)cc2ccccc12. The van der Waals surface area contributed by atoms with Gasteiger partial charge in [-0.1, -0.05) is 24.3 Å². The van der Waals surface area contributed by atoms with Crippen molar-refractivity contribution in [2.75, 3.05) is 5.73 Å². The summed E-state index contributed by atoms with van der Waals surface area (Å²) < 4.78 is 0. The first-order valence-corrected chi connectivity index (χ1v) is 3.89. The lowest BCUT2D eigenvalue weighted by atomic mass is 10.1. The zero-order valence-corrected chi connectivity index (χ0v) is 6.86. The molecule has 0 spiro atoms. The molecule has 0 heterocycles. The first-order valence-electron chi connectivity index (χ1n) is 3.89. The molecule has 0 unspecified atom stereocenters. The van der Waals surface area contributed by atoms with Gasteiger partial charge >= 0.3 is 0 Å². The Labute approximate surface area is 75.0 Å². The number of hydrogen-bond donors (Lipinski definition) is 3. The lowest BCUT2D eigenvalue weighted by Gasteiger charge is -2.05. The minimum atomic E-state index is -0.251. The molecule has 0 aliphatic heterocycles. The van der Waals surface area contributed by atoms with Gasteiger partial charge in [-0.05, 0) is 11.5 Å². The van der Waals surface area contributed by atoms with Gasteiger partial charge < -0.3 is 15.9 Å². The second kappa shape index (κ2) is 2.55. The fourth-order valence-electron chi connectivity index (χ4n) is 1.35. The predicted molar refractivity (Wildman–Crippen MR) is 51.7 cm³/mol. The summed E-state index contributed by atoms with van der Waals surface area (Å²) >= 11 is 0. The summed E-state index contributed by atoms with van der Waals surface area (Å²) in [5, 5.41) is 20.2. The molecule has 0 aromatic heterocycles. The number of hydrogen-bond acceptors (Lipinski definition) is 3. The van der Waals surface area contributed by atoms with Crippen LogP contribution in [0, 0.1) is 0 Å². The van der Waals surface area contributed by atoms with Crippen LogP contribution in [0.1, 0.15) is 0 Å². The molecule has 66 valence electrons. The van der Waals surface area contributed by atoms with Gasteiger partial charge in [-0.25, -0.2) is 0 Å². The zero-order valence-electron chi connectivity index (χ0n) is 6.86. The minimum absolute atomic E-state index is 0.184. The topological polar surface area (TPSA) is 66.5 Å². The Balaban J connectivity index is 2.94. The number of phenolic OH excluding ortho intramolecular Hbond substituents is 2. The number of nitrogen functional groups attached to an aromatic ring is 1. The first kappa shape index (κ1) is 7.73. The smallest absolute Gasteiger partial charge is 0.181 e. The van der Waals surface area contributed by atoms with Crippen LogP contribution in [0.15, 0.2) is 30.3 Å². The molecule has 0 radical (unpaired) electrons. The third kappa shape index (κ3) is 1.05. The normalized spacial score (nSPS) is 10.5. The van der Waals surface area contributed by atoms with E-state index in [0.29, 0.717) is 0 Å². The number of phenols is 2. The van der Waals surface area contributed by atoms with Gasteiger partial charge in [0.1, 0.15) is 0 Å². The van der Waals surface area contributed by atoms with E-state index in [0.717, 1.165) is 10.8 Å². The van der Waals surface area contributed by atoms with Gasteiger partial charge in [-0.15, -0.1) is 0 Å². The highest BCUT2D eigenvalue weighted by atomic mass is 16.3. The van der Waals surface area contributed by atoms with Crippen LogP contribution in [-0.4, -0.2) is 10.2 Å². The van der Waals surface area contributed by atoms with Crippen molar-refractivity contribution < 1.29 is 10.2 Å². The van der Waals surface area contributed by atoms with Gasteiger partial charge in [0, 0.05) is 5.39 Å². The van der Waals surface area contributed by atoms with E-state index in [1.807, 2.05) is 18.2 Å². The molecule has 13 heavy (non-hydrogen) atoms. The summed E-state index contributed by atoms with van der Waals surface area (Å²) in [6.07, 6.45) is 0. The van der Waals surface area contributed by atoms with E-state index in [1.54, 1.807) is 6.07 Å². The second-order valence-electron chi connectivity index (χ2n) is 2.88. The van der Waals surface area contributed by atoms with E-state index in [-0.39, 0.29) is 17.2 Å². The lowest BCUT2D eigenvalue weighted by Crippen LogP contribution is -1.87. The molecule has 2 aromatic carbocycles. The molecular weight excluding hydrogens is 166 g/mol. The van der Waals surface area contributed by atoms with Crippen LogP contribution in [0.5, 0.6) is 11.5 Å². The Hall–Kier alpha value is -1.90. The highest BCUT2D eigenvalue weighted by Crippen LogP contribution is 2.37. The van der Waals surface area contributed by atoms with Gasteiger partial charge in [0.2, 0.25) is 0 Å². The van der Waals surface area contributed by atoms with Crippen LogP contribution in [-0.2, 0) is 0 Å². The number of anilines is 1. The Morgan fingerprint density at radius 2 is 1.77 bits per heavy atom. The number of fused-ring (bicyclic) bond motifs is 1. The Morgan fingerprint density at radius 1 is 1.08 bits per heavy atom. The maximum absolute atomic E-state index is 9.33. The molecule has 0 saturated heterocycles. The molecule has 0 saturated carbocycles. The summed E-state index contributed by atoms with van der Waals surface area (Å²) in [7, 11) is 0. The van der Waals surface area contributed by atoms with Crippen molar-refractivity contribution in [1.82, 2.24) is 0 Å². The van der Waals surface area contributed by atoms with Crippen molar-refractivity contribution >= 4 is 16.5 Å². The van der Waals surface area contributed by atoms with Crippen molar-refractivity contribution in [3.8, 4) is 11.5 Å². The molecule has 0 aliphatic rings. The quantitative estimate of drug-likeness (QED) is 0.422. The predicted octanol–water partition coefficient (Wildman–Crippen LogP) is 1.83. The standard InChI is InChI=1S/C10H9NO2/c11-9-7-4-2-1-3-6(7)5-8(12)10(9)13/h1-5,12-13H,11H2. The molecule has 0 bridgehead atoms. The van der Waals surface area contributed by atoms with Crippen LogP contribution in [0.25, 0.3) is 10.8 Å². The molecule has 2 rings (SSSR count). The van der Waals surface area contributed by atoms with Gasteiger partial charge in [0.05, 0.1) is 5.69 Å². The van der Waals surface area contributed by atoms with E-state index >= 15 is 0 Å². The van der Waals surface area contributed by atoms with E-state index < -0.39 is 0 Å². The van der Waals surface area contributed by atoms with Crippen LogP contribution in [0.3, 0.4) is 0 Å². The molecular formula is C10H9NO2. The van der Waals surface area contributed by atoms with Crippen LogP contribution in [0.2, 0.25) is 0 Å². The van der Waals surface area contributed by atoms with E-state index in [9.17, 15) is 10.2 Å². The zero-order chi connectivity index (χ0) is 9.42. The average molecular weight is 175 g/mol. The fourth-order valence-corrected chi connectivity index (χ4v) is 1.35. The first-order chi connectivity index (χ1) is 6.20. The summed E-state index contributed by atoms with van der Waals surface area (Å²) in [4.78, 5) is 0. The number of nitrogens with two attached hydrogens (primary N) is 1. The molecule has 0 atom stereocenters. The highest BCUT2D eigenvalue weighted by molar-refractivity contribution is 5.97. The van der Waals surface area contributed by atoms with Gasteiger partial charge in [-0.2, -0.15) is 0 Å². The summed E-state index contributed by atoms with van der Waals surface area (Å²) in [5.41, 5.74) is 5.83. The maximum Gasteiger partial charge on any atom is 0.181 e. The van der Waals surface area contributed by atoms with Crippen LogP contribution < -0.4 is 5.73 Å². The fraction of sp³-hybridized carbons (Fsp3) is 0. The van der Waals surface area contributed by atoms with E-state index in [2.05, 4.69) is 0 Å². The molecule has 3 nitrogen and oxygen atoms in total. The summed E-state index contributed by atoms with van der Waals surface area (Å²) in [5.74, 6) is -0.435. The molecule has 4 N–H and O–H groups in total. The molecule has 0 fully saturated rings. The van der Waals surface area contributed by atoms with Crippen molar-refractivity contribution in [2.24, 2.45) is 0 Å². The average Bonchev–Trinajstić information content (AvgIpc) is 2.15. The van der Waals surface area contributed by atoms with Crippen molar-refractivity contribution in [3.63, 3.8) is 0 Å². The maximum atomic E-state index is 9.33. The Kier molecular flexibility index (Phi) is 1.52. The third-order valence-corrected chi connectivity index (χ3v) is 2.04. The van der Waals surface area contributed by atoms with Gasteiger partial charge in [-0.3, -0.25) is 0 Å². The van der Waals surface area contributed by atoms with Crippen LogP contribution in [0.4, 0.5) is 5.69 Å². The molecule has 0 aliphatic carbocycles. The van der Waals surface area contributed by atoms with Crippen molar-refractivity contribution in [1.29, 1.82) is 0 Å². The van der Waals surface area contributed by atoms with Gasteiger partial charge in [0.25, 0.3) is 0 Å². The third-order valence-electron chi connectivity index (χ3n) is 2.04. The largest absolute Gasteiger partial charge is 0.504 e. The Morgan fingerprint density at radius 3 is 2.54 bits per heavy atom. The molecule has 3 heteroatoms. The van der Waals surface area contributed by atoms with Crippen LogP contribution >= 0.6 is 0 Å². The van der Waals surface area contributed by atoms with E-state index in [4.69, 9.17) is 5.73 Å². The second-order valence-corrected chi connectivity index (χ2v) is 2.88. The molecule has 2 aromatic rings. The highest BCUT2D eigenvalue weighted by Gasteiger charge is 2.07. The number of rotatable bonds is 0. The lowest BCUT2D eigenvalue weighted by molar-refractivity contribution is 0.406. The van der Waals surface area contributed by atoms with Crippen molar-refractivity contribution in [2.45, 2.75) is 0 Å². The number of aromatic hydroxyl groups is 2. The summed E-state index contributed by atoms with van der Waals surface area (Å²) in [6.45, 7) is 0. The number of benzene rings is 2. The van der Waals surface area contributed by atoms with Crippen molar-refractivity contribution in [3.05, 3.63) is 30.3 Å². The van der Waals surface area contributed by atoms with E-state index in [1.165, 1.54) is 6.07 Å². The van der Waals surface area contributed by atoms with Gasteiger partial charge in [0.15, 0.2) is 11.5 Å². The molecule has 0 amide bonds. The Bertz CT molecular complexity index is 466.